The number of halogens is 1. The van der Waals surface area contributed by atoms with E-state index in [2.05, 4.69) is 27.3 Å². The van der Waals surface area contributed by atoms with Gasteiger partial charge in [0.1, 0.15) is 0 Å². The molecule has 2 nitrogen and oxygen atoms in total. The largest absolute Gasteiger partial charge is 0.349 e. The Bertz CT molecular complexity index is 463. The summed E-state index contributed by atoms with van der Waals surface area (Å²) in [4.78, 5) is 12.2. The highest BCUT2D eigenvalue weighted by atomic mass is 79.9. The molecule has 2 fully saturated rings. The van der Waals surface area contributed by atoms with Gasteiger partial charge < -0.3 is 5.32 Å². The minimum absolute atomic E-state index is 0.0741. The van der Waals surface area contributed by atoms with E-state index >= 15 is 0 Å². The normalized spacial score (nSPS) is 30.7. The molecule has 0 bridgehead atoms. The smallest absolute Gasteiger partial charge is 0.223 e. The fourth-order valence-electron chi connectivity index (χ4n) is 3.16. The third-order valence-electron chi connectivity index (χ3n) is 4.34. The van der Waals surface area contributed by atoms with Crippen LogP contribution in [0.25, 0.3) is 0 Å². The molecule has 1 aromatic rings. The van der Waals surface area contributed by atoms with Gasteiger partial charge in [-0.2, -0.15) is 0 Å². The van der Waals surface area contributed by atoms with Crippen LogP contribution >= 0.6 is 15.9 Å². The Morgan fingerprint density at radius 2 is 1.94 bits per heavy atom. The topological polar surface area (TPSA) is 29.1 Å². The second kappa shape index (κ2) is 4.69. The molecule has 0 saturated heterocycles. The Morgan fingerprint density at radius 1 is 1.28 bits per heavy atom. The molecular weight excluding hydrogens is 290 g/mol. The summed E-state index contributed by atoms with van der Waals surface area (Å²) in [6, 6.07) is 8.15. The number of hydrogen-bond acceptors (Lipinski definition) is 1. The predicted molar refractivity (Wildman–Crippen MR) is 75.0 cm³/mol. The zero-order chi connectivity index (χ0) is 12.7. The van der Waals surface area contributed by atoms with Gasteiger partial charge in [-0.05, 0) is 49.7 Å². The molecule has 0 aliphatic heterocycles. The molecular formula is C15H18BrNO. The number of nitrogens with one attached hydrogen (secondary N) is 1. The number of rotatable bonds is 3. The Kier molecular flexibility index (Phi) is 3.18. The van der Waals surface area contributed by atoms with Gasteiger partial charge in [0.25, 0.3) is 0 Å². The van der Waals surface area contributed by atoms with E-state index in [0.29, 0.717) is 0 Å². The summed E-state index contributed by atoms with van der Waals surface area (Å²) < 4.78 is 1.06. The van der Waals surface area contributed by atoms with E-state index < -0.39 is 0 Å². The van der Waals surface area contributed by atoms with Crippen LogP contribution in [0.4, 0.5) is 0 Å². The standard InChI is InChI=1S/C15H18BrNO/c1-9(13-4-2-3-5-14(13)16)17-15(18)12-7-10-6-11(10)8-12/h2-5,9-12H,6-8H2,1H3,(H,17,18)/t9-,10?,11?,12?/m0/s1. The van der Waals surface area contributed by atoms with Crippen LogP contribution in [0.1, 0.15) is 37.8 Å². The lowest BCUT2D eigenvalue weighted by Gasteiger charge is -2.19. The summed E-state index contributed by atoms with van der Waals surface area (Å²) in [6.07, 6.45) is 3.59. The molecule has 2 aliphatic carbocycles. The summed E-state index contributed by atoms with van der Waals surface area (Å²) in [5.74, 6) is 2.23. The molecule has 18 heavy (non-hydrogen) atoms. The van der Waals surface area contributed by atoms with Crippen molar-refractivity contribution in [2.45, 2.75) is 32.2 Å². The fourth-order valence-corrected chi connectivity index (χ4v) is 3.79. The molecule has 96 valence electrons. The number of carbonyl (C=O) groups excluding carboxylic acids is 1. The molecule has 0 aromatic heterocycles. The van der Waals surface area contributed by atoms with E-state index in [1.165, 1.54) is 6.42 Å². The van der Waals surface area contributed by atoms with Crippen LogP contribution in [-0.4, -0.2) is 5.91 Å². The molecule has 3 rings (SSSR count). The van der Waals surface area contributed by atoms with Gasteiger partial charge in [-0.3, -0.25) is 4.79 Å². The minimum Gasteiger partial charge on any atom is -0.349 e. The molecule has 2 saturated carbocycles. The number of hydrogen-bond donors (Lipinski definition) is 1. The first-order valence-corrected chi connectivity index (χ1v) is 7.49. The second-order valence-electron chi connectivity index (χ2n) is 5.68. The van der Waals surface area contributed by atoms with Crippen molar-refractivity contribution >= 4 is 21.8 Å². The lowest BCUT2D eigenvalue weighted by molar-refractivity contribution is -0.125. The van der Waals surface area contributed by atoms with Crippen molar-refractivity contribution in [3.05, 3.63) is 34.3 Å². The van der Waals surface area contributed by atoms with E-state index in [-0.39, 0.29) is 17.9 Å². The molecule has 0 heterocycles. The molecule has 1 aromatic carbocycles. The van der Waals surface area contributed by atoms with Crippen molar-refractivity contribution in [3.63, 3.8) is 0 Å². The molecule has 1 amide bonds. The fraction of sp³-hybridized carbons (Fsp3) is 0.533. The lowest BCUT2D eigenvalue weighted by atomic mass is 10.0. The van der Waals surface area contributed by atoms with Gasteiger partial charge in [0.15, 0.2) is 0 Å². The van der Waals surface area contributed by atoms with E-state index in [0.717, 1.165) is 34.7 Å². The second-order valence-corrected chi connectivity index (χ2v) is 6.53. The van der Waals surface area contributed by atoms with E-state index in [1.807, 2.05) is 25.1 Å². The van der Waals surface area contributed by atoms with Crippen LogP contribution < -0.4 is 5.32 Å². The van der Waals surface area contributed by atoms with Crippen LogP contribution in [0.2, 0.25) is 0 Å². The zero-order valence-corrected chi connectivity index (χ0v) is 12.1. The molecule has 3 atom stereocenters. The summed E-state index contributed by atoms with van der Waals surface area (Å²) in [5, 5.41) is 3.15. The average Bonchev–Trinajstić information content (AvgIpc) is 2.96. The van der Waals surface area contributed by atoms with Crippen LogP contribution in [-0.2, 0) is 4.79 Å². The molecule has 3 heteroatoms. The molecule has 2 unspecified atom stereocenters. The zero-order valence-electron chi connectivity index (χ0n) is 10.5. The molecule has 2 aliphatic rings. The van der Waals surface area contributed by atoms with Crippen LogP contribution in [0.3, 0.4) is 0 Å². The van der Waals surface area contributed by atoms with Crippen LogP contribution in [0.5, 0.6) is 0 Å². The highest BCUT2D eigenvalue weighted by Gasteiger charge is 2.48. The first-order valence-electron chi connectivity index (χ1n) is 6.70. The van der Waals surface area contributed by atoms with Gasteiger partial charge in [0.2, 0.25) is 5.91 Å². The summed E-state index contributed by atoms with van der Waals surface area (Å²) in [6.45, 7) is 2.05. The summed E-state index contributed by atoms with van der Waals surface area (Å²) in [7, 11) is 0. The van der Waals surface area contributed by atoms with E-state index in [4.69, 9.17) is 0 Å². The van der Waals surface area contributed by atoms with Crippen molar-refractivity contribution in [2.24, 2.45) is 17.8 Å². The van der Waals surface area contributed by atoms with Gasteiger partial charge in [-0.1, -0.05) is 34.1 Å². The number of amides is 1. The van der Waals surface area contributed by atoms with Crippen LogP contribution in [0.15, 0.2) is 28.7 Å². The lowest BCUT2D eigenvalue weighted by Crippen LogP contribution is -2.32. The Balaban J connectivity index is 1.62. The molecule has 0 spiro atoms. The maximum absolute atomic E-state index is 12.2. The van der Waals surface area contributed by atoms with Crippen molar-refractivity contribution in [2.75, 3.05) is 0 Å². The van der Waals surface area contributed by atoms with Gasteiger partial charge in [-0.15, -0.1) is 0 Å². The van der Waals surface area contributed by atoms with Crippen molar-refractivity contribution < 1.29 is 4.79 Å². The SMILES string of the molecule is C[C@H](NC(=O)C1CC2CC2C1)c1ccccc1Br. The Hall–Kier alpha value is -0.830. The van der Waals surface area contributed by atoms with Gasteiger partial charge in [0.05, 0.1) is 6.04 Å². The summed E-state index contributed by atoms with van der Waals surface area (Å²) >= 11 is 3.54. The summed E-state index contributed by atoms with van der Waals surface area (Å²) in [5.41, 5.74) is 1.15. The number of carbonyl (C=O) groups is 1. The van der Waals surface area contributed by atoms with Gasteiger partial charge >= 0.3 is 0 Å². The average molecular weight is 308 g/mol. The predicted octanol–water partition coefficient (Wildman–Crippen LogP) is 3.67. The Labute approximate surface area is 116 Å². The third kappa shape index (κ3) is 2.33. The molecule has 0 radical (unpaired) electrons. The number of benzene rings is 1. The maximum atomic E-state index is 12.2. The van der Waals surface area contributed by atoms with Gasteiger partial charge in [0, 0.05) is 10.4 Å². The van der Waals surface area contributed by atoms with E-state index in [9.17, 15) is 4.79 Å². The van der Waals surface area contributed by atoms with E-state index in [1.54, 1.807) is 0 Å². The van der Waals surface area contributed by atoms with Crippen molar-refractivity contribution in [1.29, 1.82) is 0 Å². The highest BCUT2D eigenvalue weighted by Crippen LogP contribution is 2.54. The van der Waals surface area contributed by atoms with Crippen molar-refractivity contribution in [3.8, 4) is 0 Å². The Morgan fingerprint density at radius 3 is 2.61 bits per heavy atom. The number of fused-ring (bicyclic) bond motifs is 1. The first kappa shape index (κ1) is 12.2. The molecule has 1 N–H and O–H groups in total. The quantitative estimate of drug-likeness (QED) is 0.907. The highest BCUT2D eigenvalue weighted by molar-refractivity contribution is 9.10. The minimum atomic E-state index is 0.0741. The van der Waals surface area contributed by atoms with Crippen LogP contribution in [0, 0.1) is 17.8 Å². The monoisotopic (exact) mass is 307 g/mol. The van der Waals surface area contributed by atoms with Gasteiger partial charge in [-0.25, -0.2) is 0 Å². The first-order chi connectivity index (χ1) is 8.65. The van der Waals surface area contributed by atoms with Crippen molar-refractivity contribution in [1.82, 2.24) is 5.32 Å². The maximum Gasteiger partial charge on any atom is 0.223 e. The third-order valence-corrected chi connectivity index (χ3v) is 5.07.